The van der Waals surface area contributed by atoms with E-state index in [0.717, 1.165) is 19.3 Å². The van der Waals surface area contributed by atoms with Gasteiger partial charge >= 0.3 is 0 Å². The van der Waals surface area contributed by atoms with E-state index in [4.69, 9.17) is 0 Å². The third kappa shape index (κ3) is 2.57. The zero-order valence-electron chi connectivity index (χ0n) is 13.4. The molecule has 2 unspecified atom stereocenters. The number of fused-ring (bicyclic) bond motifs is 5. The molecule has 5 nitrogen and oxygen atoms in total. The molecule has 0 radical (unpaired) electrons. The average Bonchev–Trinajstić information content (AvgIpc) is 3.24. The molecule has 1 saturated heterocycles. The third-order valence-electron chi connectivity index (χ3n) is 5.88. The molecule has 0 aromatic heterocycles. The standard InChI is InChI=1S/C18H23N3O2/c22-17-15-12-6-7-13(10-12)16(15)18(23)21(17)9-8-19-11-20-14-4-2-1-3-5-14/h6-7,12-16H,1-5,8-10H2/t12-,13+,15?,16?. The van der Waals surface area contributed by atoms with Crippen LogP contribution in [0.25, 0.3) is 0 Å². The fourth-order valence-electron chi connectivity index (χ4n) is 4.72. The van der Waals surface area contributed by atoms with Crippen molar-refractivity contribution < 1.29 is 9.59 Å². The van der Waals surface area contributed by atoms with E-state index in [1.807, 2.05) is 0 Å². The molecule has 4 atom stereocenters. The topological polar surface area (TPSA) is 62.1 Å². The van der Waals surface area contributed by atoms with Crippen LogP contribution < -0.4 is 0 Å². The number of carbonyl (C=O) groups excluding carboxylic acids is 2. The number of hydrogen-bond acceptors (Lipinski definition) is 4. The highest BCUT2D eigenvalue weighted by atomic mass is 16.2. The van der Waals surface area contributed by atoms with Gasteiger partial charge in [0.2, 0.25) is 11.8 Å². The molecule has 2 amide bonds. The van der Waals surface area contributed by atoms with Crippen LogP contribution in [0, 0.1) is 23.7 Å². The van der Waals surface area contributed by atoms with E-state index in [2.05, 4.69) is 28.1 Å². The van der Waals surface area contributed by atoms with Gasteiger partial charge in [0.05, 0.1) is 30.4 Å². The number of aliphatic imine (C=N–C) groups is 2. The van der Waals surface area contributed by atoms with Crippen LogP contribution in [-0.2, 0) is 9.59 Å². The molecule has 0 N–H and O–H groups in total. The minimum absolute atomic E-state index is 0.0104. The number of likely N-dealkylation sites (tertiary alicyclic amines) is 1. The molecule has 2 saturated carbocycles. The van der Waals surface area contributed by atoms with Crippen LogP contribution in [0.3, 0.4) is 0 Å². The van der Waals surface area contributed by atoms with E-state index < -0.39 is 0 Å². The molecule has 23 heavy (non-hydrogen) atoms. The second-order valence-corrected chi connectivity index (χ2v) is 7.23. The first-order valence-electron chi connectivity index (χ1n) is 8.90. The number of imide groups is 1. The lowest BCUT2D eigenvalue weighted by Crippen LogP contribution is -2.35. The van der Waals surface area contributed by atoms with E-state index in [0.29, 0.717) is 19.1 Å². The van der Waals surface area contributed by atoms with Gasteiger partial charge in [0, 0.05) is 6.54 Å². The van der Waals surface area contributed by atoms with Gasteiger partial charge in [-0.25, -0.2) is 9.98 Å². The molecule has 1 heterocycles. The molecule has 0 aromatic rings. The zero-order valence-corrected chi connectivity index (χ0v) is 13.4. The van der Waals surface area contributed by atoms with Gasteiger partial charge in [-0.05, 0) is 31.1 Å². The molecule has 3 aliphatic carbocycles. The Morgan fingerprint density at radius 2 is 1.70 bits per heavy atom. The van der Waals surface area contributed by atoms with Crippen molar-refractivity contribution in [2.75, 3.05) is 13.1 Å². The van der Waals surface area contributed by atoms with Crippen LogP contribution in [0.5, 0.6) is 0 Å². The van der Waals surface area contributed by atoms with Gasteiger partial charge in [-0.2, -0.15) is 0 Å². The Kier molecular flexibility index (Phi) is 3.90. The Morgan fingerprint density at radius 1 is 1.04 bits per heavy atom. The Hall–Kier alpha value is -1.74. The lowest BCUT2D eigenvalue weighted by molar-refractivity contribution is -0.140. The van der Waals surface area contributed by atoms with Gasteiger partial charge < -0.3 is 0 Å². The van der Waals surface area contributed by atoms with E-state index in [1.165, 1.54) is 24.2 Å². The van der Waals surface area contributed by atoms with E-state index in [1.54, 1.807) is 0 Å². The van der Waals surface area contributed by atoms with Gasteiger partial charge in [-0.15, -0.1) is 0 Å². The van der Waals surface area contributed by atoms with Crippen molar-refractivity contribution in [2.45, 2.75) is 44.6 Å². The summed E-state index contributed by atoms with van der Waals surface area (Å²) in [6, 6.07) is 3.14. The van der Waals surface area contributed by atoms with Crippen molar-refractivity contribution in [3.63, 3.8) is 0 Å². The fraction of sp³-hybridized carbons (Fsp3) is 0.722. The molecule has 1 aliphatic heterocycles. The van der Waals surface area contributed by atoms with Crippen molar-refractivity contribution in [2.24, 2.45) is 33.7 Å². The predicted octanol–water partition coefficient (Wildman–Crippen LogP) is 2.30. The number of carbonyl (C=O) groups is 2. The summed E-state index contributed by atoms with van der Waals surface area (Å²) in [6.45, 7) is 0.785. The lowest BCUT2D eigenvalue weighted by atomic mass is 9.85. The van der Waals surface area contributed by atoms with Crippen LogP contribution in [-0.4, -0.2) is 41.9 Å². The van der Waals surface area contributed by atoms with Gasteiger partial charge in [-0.3, -0.25) is 14.5 Å². The summed E-state index contributed by atoms with van der Waals surface area (Å²) in [5.41, 5.74) is 0. The van der Waals surface area contributed by atoms with Crippen LogP contribution >= 0.6 is 0 Å². The minimum atomic E-state index is -0.0996. The molecule has 0 spiro atoms. The maximum Gasteiger partial charge on any atom is 0.233 e. The van der Waals surface area contributed by atoms with Crippen molar-refractivity contribution in [1.82, 2.24) is 4.90 Å². The van der Waals surface area contributed by atoms with Crippen molar-refractivity contribution in [3.8, 4) is 0 Å². The Bertz CT molecular complexity index is 569. The maximum absolute atomic E-state index is 12.5. The summed E-state index contributed by atoms with van der Waals surface area (Å²) < 4.78 is 0. The number of nitrogens with zero attached hydrogens (tertiary/aromatic N) is 3. The monoisotopic (exact) mass is 313 g/mol. The van der Waals surface area contributed by atoms with Crippen LogP contribution in [0.2, 0.25) is 0 Å². The zero-order chi connectivity index (χ0) is 15.8. The summed E-state index contributed by atoms with van der Waals surface area (Å²) >= 11 is 0. The lowest BCUT2D eigenvalue weighted by Gasteiger charge is -2.16. The Balaban J connectivity index is 1.32. The number of allylic oxidation sites excluding steroid dienone is 2. The normalized spacial score (nSPS) is 35.6. The summed E-state index contributed by atoms with van der Waals surface area (Å²) in [5.74, 6) is 0.382. The van der Waals surface area contributed by atoms with Crippen LogP contribution in [0.1, 0.15) is 38.5 Å². The highest BCUT2D eigenvalue weighted by Crippen LogP contribution is 2.52. The second-order valence-electron chi connectivity index (χ2n) is 7.23. The predicted molar refractivity (Wildman–Crippen MR) is 86.0 cm³/mol. The van der Waals surface area contributed by atoms with Gasteiger partial charge in [0.1, 0.15) is 0 Å². The SMILES string of the molecule is O=C1C2C(C(=O)N1CCN=C=NC1CCCCC1)[C@H]1C=C[C@@H]2C1. The molecule has 2 bridgehead atoms. The highest BCUT2D eigenvalue weighted by Gasteiger charge is 2.58. The third-order valence-corrected chi connectivity index (χ3v) is 5.88. The minimum Gasteiger partial charge on any atom is -0.280 e. The number of amides is 2. The first kappa shape index (κ1) is 14.8. The maximum atomic E-state index is 12.5. The molecule has 4 aliphatic rings. The van der Waals surface area contributed by atoms with E-state index >= 15 is 0 Å². The molecule has 4 rings (SSSR count). The van der Waals surface area contributed by atoms with Crippen LogP contribution in [0.4, 0.5) is 0 Å². The molecular weight excluding hydrogens is 290 g/mol. The van der Waals surface area contributed by atoms with Crippen molar-refractivity contribution >= 4 is 17.8 Å². The van der Waals surface area contributed by atoms with Gasteiger partial charge in [-0.1, -0.05) is 31.4 Å². The summed E-state index contributed by atoms with van der Waals surface area (Å²) in [4.78, 5) is 34.9. The second kappa shape index (κ2) is 6.04. The first-order valence-corrected chi connectivity index (χ1v) is 8.90. The summed E-state index contributed by atoms with van der Waals surface area (Å²) in [6.07, 6.45) is 11.3. The summed E-state index contributed by atoms with van der Waals surface area (Å²) in [5, 5.41) is 0. The quantitative estimate of drug-likeness (QED) is 0.454. The van der Waals surface area contributed by atoms with Gasteiger partial charge in [0.15, 0.2) is 0 Å². The summed E-state index contributed by atoms with van der Waals surface area (Å²) in [7, 11) is 0. The molecule has 5 heteroatoms. The first-order chi connectivity index (χ1) is 11.3. The van der Waals surface area contributed by atoms with E-state index in [9.17, 15) is 9.59 Å². The number of hydrogen-bond donors (Lipinski definition) is 0. The molecule has 122 valence electrons. The molecule has 0 aromatic carbocycles. The smallest absolute Gasteiger partial charge is 0.233 e. The van der Waals surface area contributed by atoms with Crippen molar-refractivity contribution in [1.29, 1.82) is 0 Å². The van der Waals surface area contributed by atoms with E-state index in [-0.39, 0.29) is 35.5 Å². The largest absolute Gasteiger partial charge is 0.280 e. The molecule has 3 fully saturated rings. The Labute approximate surface area is 136 Å². The Morgan fingerprint density at radius 3 is 2.35 bits per heavy atom. The van der Waals surface area contributed by atoms with Crippen molar-refractivity contribution in [3.05, 3.63) is 12.2 Å². The van der Waals surface area contributed by atoms with Gasteiger partial charge in [0.25, 0.3) is 0 Å². The highest BCUT2D eigenvalue weighted by molar-refractivity contribution is 6.06. The molecular formula is C18H23N3O2. The fourth-order valence-corrected chi connectivity index (χ4v) is 4.72. The van der Waals surface area contributed by atoms with Crippen LogP contribution in [0.15, 0.2) is 22.1 Å². The number of rotatable bonds is 4. The average molecular weight is 313 g/mol.